The van der Waals surface area contributed by atoms with E-state index in [1.165, 1.54) is 0 Å². The van der Waals surface area contributed by atoms with Gasteiger partial charge < -0.3 is 0 Å². The molecular weight excluding hydrogens is 320 g/mol. The summed E-state index contributed by atoms with van der Waals surface area (Å²) in [7, 11) is 0. The summed E-state index contributed by atoms with van der Waals surface area (Å²) in [6.45, 7) is 0. The first-order valence-electron chi connectivity index (χ1n) is 3.59. The average Bonchev–Trinajstić information content (AvgIpc) is 2.15. The van der Waals surface area contributed by atoms with Gasteiger partial charge in [0, 0.05) is 5.39 Å². The highest BCUT2D eigenvalue weighted by Gasteiger charge is 2.08. The van der Waals surface area contributed by atoms with Crippen LogP contribution in [-0.4, -0.2) is 4.98 Å². The Morgan fingerprint density at radius 3 is 2.62 bits per heavy atom. The van der Waals surface area contributed by atoms with Crippen LogP contribution in [0.15, 0.2) is 24.3 Å². The molecule has 66 valence electrons. The number of rotatable bonds is 0. The average molecular weight is 324 g/mol. The second-order valence-electron chi connectivity index (χ2n) is 2.55. The Labute approximate surface area is 99.2 Å². The van der Waals surface area contributed by atoms with E-state index in [0.717, 1.165) is 14.5 Å². The van der Waals surface area contributed by atoms with Gasteiger partial charge >= 0.3 is 0 Å². The summed E-state index contributed by atoms with van der Waals surface area (Å²) < 4.78 is 0.805. The molecule has 0 fully saturated rings. The summed E-state index contributed by atoms with van der Waals surface area (Å²) in [4.78, 5) is 4.21. The molecule has 1 aromatic heterocycles. The van der Waals surface area contributed by atoms with Crippen molar-refractivity contribution in [3.63, 3.8) is 0 Å². The summed E-state index contributed by atoms with van der Waals surface area (Å²) in [6.07, 6.45) is 0. The number of para-hydroxylation sites is 1. The van der Waals surface area contributed by atoms with Gasteiger partial charge in [-0.3, -0.25) is 0 Å². The smallest absolute Gasteiger partial charge is 0.144 e. The zero-order valence-electron chi connectivity index (χ0n) is 6.39. The minimum absolute atomic E-state index is 0.462. The fraction of sp³-hybridized carbons (Fsp3) is 0. The molecule has 4 heteroatoms. The maximum atomic E-state index is 6.10. The Morgan fingerprint density at radius 1 is 1.15 bits per heavy atom. The standard InChI is InChI=1S/C9H4Cl2IN/c10-7-5-3-1-2-4-6(5)13-9(11)8(7)12/h1-4H. The lowest BCUT2D eigenvalue weighted by atomic mass is 10.2. The van der Waals surface area contributed by atoms with Crippen LogP contribution in [0.2, 0.25) is 10.2 Å². The topological polar surface area (TPSA) is 12.9 Å². The van der Waals surface area contributed by atoms with Crippen LogP contribution in [0.5, 0.6) is 0 Å². The van der Waals surface area contributed by atoms with E-state index < -0.39 is 0 Å². The third-order valence-corrected chi connectivity index (χ3v) is 4.09. The number of aromatic nitrogens is 1. The van der Waals surface area contributed by atoms with Crippen LogP contribution < -0.4 is 0 Å². The van der Waals surface area contributed by atoms with Crippen LogP contribution in [0.1, 0.15) is 0 Å². The lowest BCUT2D eigenvalue weighted by Crippen LogP contribution is -1.85. The van der Waals surface area contributed by atoms with Gasteiger partial charge in [0.2, 0.25) is 0 Å². The molecule has 0 spiro atoms. The Morgan fingerprint density at radius 2 is 1.85 bits per heavy atom. The van der Waals surface area contributed by atoms with Crippen LogP contribution in [0.25, 0.3) is 10.9 Å². The molecule has 1 aromatic carbocycles. The molecule has 0 aliphatic rings. The molecule has 13 heavy (non-hydrogen) atoms. The quantitative estimate of drug-likeness (QED) is 0.524. The Kier molecular flexibility index (Phi) is 2.62. The monoisotopic (exact) mass is 323 g/mol. The minimum atomic E-state index is 0.462. The van der Waals surface area contributed by atoms with Gasteiger partial charge in [0.15, 0.2) is 0 Å². The molecule has 0 atom stereocenters. The van der Waals surface area contributed by atoms with Crippen LogP contribution in [-0.2, 0) is 0 Å². The van der Waals surface area contributed by atoms with Gasteiger partial charge in [-0.25, -0.2) is 4.98 Å². The summed E-state index contributed by atoms with van der Waals surface area (Å²) in [5, 5.41) is 2.08. The van der Waals surface area contributed by atoms with Crippen molar-refractivity contribution >= 4 is 56.7 Å². The first-order valence-corrected chi connectivity index (χ1v) is 5.43. The number of benzene rings is 1. The molecule has 1 nitrogen and oxygen atoms in total. The molecule has 0 bridgehead atoms. The Hall–Kier alpha value is -0.0600. The summed E-state index contributed by atoms with van der Waals surface area (Å²) in [5.41, 5.74) is 0.831. The van der Waals surface area contributed by atoms with E-state index in [1.807, 2.05) is 24.3 Å². The summed E-state index contributed by atoms with van der Waals surface area (Å²) >= 11 is 14.1. The number of halogens is 3. The van der Waals surface area contributed by atoms with E-state index in [2.05, 4.69) is 27.6 Å². The van der Waals surface area contributed by atoms with Crippen LogP contribution in [0.3, 0.4) is 0 Å². The molecule has 2 aromatic rings. The summed E-state index contributed by atoms with van der Waals surface area (Å²) in [5.74, 6) is 0. The molecule has 0 N–H and O–H groups in total. The first-order chi connectivity index (χ1) is 6.20. The van der Waals surface area contributed by atoms with Crippen molar-refractivity contribution in [3.05, 3.63) is 38.0 Å². The van der Waals surface area contributed by atoms with Gasteiger partial charge in [-0.2, -0.15) is 0 Å². The van der Waals surface area contributed by atoms with E-state index in [9.17, 15) is 0 Å². The lowest BCUT2D eigenvalue weighted by molar-refractivity contribution is 1.39. The van der Waals surface area contributed by atoms with Gasteiger partial charge in [-0.15, -0.1) is 0 Å². The fourth-order valence-corrected chi connectivity index (χ4v) is 2.01. The molecule has 0 amide bonds. The summed E-state index contributed by atoms with van der Waals surface area (Å²) in [6, 6.07) is 7.67. The maximum Gasteiger partial charge on any atom is 0.144 e. The Bertz CT molecular complexity index is 470. The van der Waals surface area contributed by atoms with Gasteiger partial charge in [0.1, 0.15) is 5.15 Å². The molecular formula is C9H4Cl2IN. The SMILES string of the molecule is Clc1nc2ccccc2c(Cl)c1I. The predicted octanol–water partition coefficient (Wildman–Crippen LogP) is 4.15. The van der Waals surface area contributed by atoms with Crippen LogP contribution in [0.4, 0.5) is 0 Å². The Balaban J connectivity index is 2.94. The molecule has 0 unspecified atom stereocenters. The number of pyridine rings is 1. The highest BCUT2D eigenvalue weighted by molar-refractivity contribution is 14.1. The van der Waals surface area contributed by atoms with E-state index in [1.54, 1.807) is 0 Å². The van der Waals surface area contributed by atoms with Crippen molar-refractivity contribution in [1.29, 1.82) is 0 Å². The van der Waals surface area contributed by atoms with E-state index in [0.29, 0.717) is 10.2 Å². The van der Waals surface area contributed by atoms with Crippen molar-refractivity contribution < 1.29 is 0 Å². The van der Waals surface area contributed by atoms with Gasteiger partial charge in [0.25, 0.3) is 0 Å². The molecule has 1 heterocycles. The van der Waals surface area contributed by atoms with Gasteiger partial charge in [0.05, 0.1) is 14.1 Å². The second-order valence-corrected chi connectivity index (χ2v) is 4.36. The van der Waals surface area contributed by atoms with Crippen molar-refractivity contribution in [1.82, 2.24) is 4.98 Å². The lowest BCUT2D eigenvalue weighted by Gasteiger charge is -2.03. The molecule has 0 radical (unpaired) electrons. The van der Waals surface area contributed by atoms with Gasteiger partial charge in [-0.05, 0) is 28.7 Å². The minimum Gasteiger partial charge on any atom is -0.235 e. The number of hydrogen-bond acceptors (Lipinski definition) is 1. The highest BCUT2D eigenvalue weighted by Crippen LogP contribution is 2.31. The van der Waals surface area contributed by atoms with Crippen molar-refractivity contribution in [2.75, 3.05) is 0 Å². The number of hydrogen-bond donors (Lipinski definition) is 0. The molecule has 0 saturated heterocycles. The molecule has 2 rings (SSSR count). The highest BCUT2D eigenvalue weighted by atomic mass is 127. The third-order valence-electron chi connectivity index (χ3n) is 1.73. The number of fused-ring (bicyclic) bond motifs is 1. The largest absolute Gasteiger partial charge is 0.235 e. The first kappa shape index (κ1) is 9.49. The molecule has 0 saturated carbocycles. The second kappa shape index (κ2) is 3.59. The number of nitrogens with zero attached hydrogens (tertiary/aromatic N) is 1. The van der Waals surface area contributed by atoms with E-state index >= 15 is 0 Å². The van der Waals surface area contributed by atoms with Crippen molar-refractivity contribution in [2.45, 2.75) is 0 Å². The predicted molar refractivity (Wildman–Crippen MR) is 64.5 cm³/mol. The van der Waals surface area contributed by atoms with Crippen molar-refractivity contribution in [2.24, 2.45) is 0 Å². The van der Waals surface area contributed by atoms with E-state index in [4.69, 9.17) is 23.2 Å². The van der Waals surface area contributed by atoms with Crippen molar-refractivity contribution in [3.8, 4) is 0 Å². The third kappa shape index (κ3) is 1.63. The fourth-order valence-electron chi connectivity index (χ4n) is 1.12. The van der Waals surface area contributed by atoms with Crippen LogP contribution in [0, 0.1) is 3.57 Å². The molecule has 0 aliphatic carbocycles. The molecule has 0 aliphatic heterocycles. The normalized spacial score (nSPS) is 10.7. The zero-order chi connectivity index (χ0) is 9.42. The van der Waals surface area contributed by atoms with E-state index in [-0.39, 0.29) is 0 Å². The van der Waals surface area contributed by atoms with Gasteiger partial charge in [-0.1, -0.05) is 41.4 Å². The zero-order valence-corrected chi connectivity index (χ0v) is 10.1. The maximum absolute atomic E-state index is 6.10. The van der Waals surface area contributed by atoms with Crippen LogP contribution >= 0.6 is 45.8 Å².